The zero-order valence-electron chi connectivity index (χ0n) is 15.4. The van der Waals surface area contributed by atoms with Crippen LogP contribution in [-0.4, -0.2) is 69.3 Å². The Morgan fingerprint density at radius 3 is 2.81 bits per heavy atom. The molecular weight excluding hydrogens is 386 g/mol. The summed E-state index contributed by atoms with van der Waals surface area (Å²) in [4.78, 5) is 14.5. The van der Waals surface area contributed by atoms with Gasteiger partial charge in [0.15, 0.2) is 9.84 Å². The lowest BCUT2D eigenvalue weighted by molar-refractivity contribution is -0.130. The Bertz CT molecular complexity index is 913. The molecule has 8 nitrogen and oxygen atoms in total. The SMILES string of the molecule is CCCN(C(=O)CSc1nnnn1-c1ccccc1C)[C@H]1CCS(=O)(=O)C1. The minimum absolute atomic E-state index is 0.0599. The number of nitrogens with zero attached hydrogens (tertiary/aromatic N) is 5. The number of hydrogen-bond acceptors (Lipinski definition) is 7. The van der Waals surface area contributed by atoms with Gasteiger partial charge in [0, 0.05) is 12.6 Å². The highest BCUT2D eigenvalue weighted by Gasteiger charge is 2.34. The second-order valence-electron chi connectivity index (χ2n) is 6.59. The summed E-state index contributed by atoms with van der Waals surface area (Å²) in [7, 11) is -3.04. The molecule has 27 heavy (non-hydrogen) atoms. The topological polar surface area (TPSA) is 98.1 Å². The van der Waals surface area contributed by atoms with E-state index < -0.39 is 9.84 Å². The number of carbonyl (C=O) groups excluding carboxylic acids is 1. The lowest BCUT2D eigenvalue weighted by Gasteiger charge is -2.27. The van der Waals surface area contributed by atoms with Gasteiger partial charge in [-0.2, -0.15) is 4.68 Å². The molecule has 2 aromatic rings. The monoisotopic (exact) mass is 409 g/mol. The van der Waals surface area contributed by atoms with Crippen molar-refractivity contribution in [2.45, 2.75) is 37.9 Å². The second kappa shape index (κ2) is 8.39. The van der Waals surface area contributed by atoms with Gasteiger partial charge in [-0.25, -0.2) is 8.42 Å². The molecule has 1 aromatic heterocycles. The van der Waals surface area contributed by atoms with Gasteiger partial charge in [0.05, 0.1) is 22.9 Å². The average molecular weight is 410 g/mol. The first-order valence-corrected chi connectivity index (χ1v) is 11.7. The molecule has 1 aromatic carbocycles. The van der Waals surface area contributed by atoms with Crippen LogP contribution in [0.3, 0.4) is 0 Å². The maximum absolute atomic E-state index is 12.8. The molecular formula is C17H23N5O3S2. The lowest BCUT2D eigenvalue weighted by atomic mass is 10.2. The second-order valence-corrected chi connectivity index (χ2v) is 9.76. The minimum Gasteiger partial charge on any atom is -0.338 e. The zero-order valence-corrected chi connectivity index (χ0v) is 17.0. The molecule has 10 heteroatoms. The van der Waals surface area contributed by atoms with Gasteiger partial charge in [0.25, 0.3) is 0 Å². The molecule has 3 rings (SSSR count). The number of amides is 1. The van der Waals surface area contributed by atoms with Crippen LogP contribution in [0, 0.1) is 6.92 Å². The molecule has 1 fully saturated rings. The average Bonchev–Trinajstić information content (AvgIpc) is 3.24. The number of tetrazole rings is 1. The molecule has 0 bridgehead atoms. The van der Waals surface area contributed by atoms with Crippen LogP contribution in [-0.2, 0) is 14.6 Å². The lowest BCUT2D eigenvalue weighted by Crippen LogP contribution is -2.42. The Labute approximate surface area is 163 Å². The van der Waals surface area contributed by atoms with Crippen molar-refractivity contribution in [3.05, 3.63) is 29.8 Å². The van der Waals surface area contributed by atoms with Gasteiger partial charge in [0.1, 0.15) is 0 Å². The highest BCUT2D eigenvalue weighted by Crippen LogP contribution is 2.23. The molecule has 1 amide bonds. The summed E-state index contributed by atoms with van der Waals surface area (Å²) in [6.45, 7) is 4.51. The summed E-state index contributed by atoms with van der Waals surface area (Å²) >= 11 is 1.26. The Hall–Kier alpha value is -1.94. The van der Waals surface area contributed by atoms with E-state index in [0.717, 1.165) is 17.7 Å². The molecule has 0 radical (unpaired) electrons. The maximum Gasteiger partial charge on any atom is 0.233 e. The van der Waals surface area contributed by atoms with E-state index in [4.69, 9.17) is 0 Å². The van der Waals surface area contributed by atoms with E-state index >= 15 is 0 Å². The van der Waals surface area contributed by atoms with Crippen LogP contribution in [0.4, 0.5) is 0 Å². The minimum atomic E-state index is -3.04. The van der Waals surface area contributed by atoms with Crippen molar-refractivity contribution in [1.29, 1.82) is 0 Å². The molecule has 1 atom stereocenters. The molecule has 1 saturated heterocycles. The van der Waals surface area contributed by atoms with Gasteiger partial charge in [-0.1, -0.05) is 36.9 Å². The molecule has 1 aliphatic rings. The summed E-state index contributed by atoms with van der Waals surface area (Å²) < 4.78 is 25.2. The molecule has 0 saturated carbocycles. The number of sulfone groups is 1. The first kappa shape index (κ1) is 19.8. The Morgan fingerprint density at radius 2 is 2.15 bits per heavy atom. The van der Waals surface area contributed by atoms with Crippen molar-refractivity contribution >= 4 is 27.5 Å². The van der Waals surface area contributed by atoms with Crippen LogP contribution < -0.4 is 0 Å². The summed E-state index contributed by atoms with van der Waals surface area (Å²) in [5.74, 6) is 0.306. The molecule has 0 N–H and O–H groups in total. The highest BCUT2D eigenvalue weighted by atomic mass is 32.2. The van der Waals surface area contributed by atoms with E-state index in [-0.39, 0.29) is 29.2 Å². The number of aryl methyl sites for hydroxylation is 1. The number of aromatic nitrogens is 4. The number of carbonyl (C=O) groups is 1. The first-order chi connectivity index (χ1) is 12.9. The Kier molecular flexibility index (Phi) is 6.15. The molecule has 0 unspecified atom stereocenters. The van der Waals surface area contributed by atoms with Crippen molar-refractivity contribution in [1.82, 2.24) is 25.1 Å². The summed E-state index contributed by atoms with van der Waals surface area (Å²) in [6.07, 6.45) is 1.30. The maximum atomic E-state index is 12.8. The number of benzene rings is 1. The zero-order chi connectivity index (χ0) is 19.4. The third kappa shape index (κ3) is 4.67. The van der Waals surface area contributed by atoms with Crippen LogP contribution in [0.5, 0.6) is 0 Å². The standard InChI is InChI=1S/C17H23N5O3S2/c1-3-9-21(14-8-10-27(24,25)12-14)16(23)11-26-17-18-19-20-22(17)15-7-5-4-6-13(15)2/h4-7,14H,3,8-12H2,1-2H3/t14-/m0/s1. The van der Waals surface area contributed by atoms with Crippen molar-refractivity contribution in [2.24, 2.45) is 0 Å². The first-order valence-electron chi connectivity index (χ1n) is 8.88. The number of thioether (sulfide) groups is 1. The highest BCUT2D eigenvalue weighted by molar-refractivity contribution is 7.99. The van der Waals surface area contributed by atoms with Gasteiger partial charge >= 0.3 is 0 Å². The van der Waals surface area contributed by atoms with Gasteiger partial charge in [-0.3, -0.25) is 4.79 Å². The number of hydrogen-bond donors (Lipinski definition) is 0. The van der Waals surface area contributed by atoms with Crippen LogP contribution >= 0.6 is 11.8 Å². The quantitative estimate of drug-likeness (QED) is 0.639. The number of para-hydroxylation sites is 1. The van der Waals surface area contributed by atoms with Crippen molar-refractivity contribution in [2.75, 3.05) is 23.8 Å². The largest absolute Gasteiger partial charge is 0.338 e. The van der Waals surface area contributed by atoms with E-state index in [1.54, 1.807) is 9.58 Å². The van der Waals surface area contributed by atoms with Gasteiger partial charge in [0.2, 0.25) is 11.1 Å². The fourth-order valence-corrected chi connectivity index (χ4v) is 5.70. The number of rotatable bonds is 7. The predicted octanol–water partition coefficient (Wildman–Crippen LogP) is 1.49. The van der Waals surface area contributed by atoms with E-state index in [9.17, 15) is 13.2 Å². The van der Waals surface area contributed by atoms with Gasteiger partial charge < -0.3 is 4.90 Å². The summed E-state index contributed by atoms with van der Waals surface area (Å²) in [5, 5.41) is 12.3. The Balaban J connectivity index is 1.70. The van der Waals surface area contributed by atoms with E-state index in [2.05, 4.69) is 15.5 Å². The third-order valence-electron chi connectivity index (χ3n) is 4.54. The van der Waals surface area contributed by atoms with Crippen LogP contribution in [0.2, 0.25) is 0 Å². The summed E-state index contributed by atoms with van der Waals surface area (Å²) in [6, 6.07) is 7.52. The van der Waals surface area contributed by atoms with Crippen LogP contribution in [0.15, 0.2) is 29.4 Å². The summed E-state index contributed by atoms with van der Waals surface area (Å²) in [5.41, 5.74) is 1.89. The van der Waals surface area contributed by atoms with Crippen LogP contribution in [0.25, 0.3) is 5.69 Å². The fourth-order valence-electron chi connectivity index (χ4n) is 3.20. The van der Waals surface area contributed by atoms with Crippen molar-refractivity contribution < 1.29 is 13.2 Å². The normalized spacial score (nSPS) is 18.5. The van der Waals surface area contributed by atoms with E-state index in [1.807, 2.05) is 38.1 Å². The smallest absolute Gasteiger partial charge is 0.233 e. The van der Waals surface area contributed by atoms with Gasteiger partial charge in [-0.15, -0.1) is 5.10 Å². The molecule has 0 aliphatic carbocycles. The molecule has 1 aliphatic heterocycles. The van der Waals surface area contributed by atoms with E-state index in [1.165, 1.54) is 11.8 Å². The molecule has 146 valence electrons. The molecule has 0 spiro atoms. The van der Waals surface area contributed by atoms with Gasteiger partial charge in [-0.05, 0) is 41.8 Å². The van der Waals surface area contributed by atoms with E-state index in [0.29, 0.717) is 18.1 Å². The fraction of sp³-hybridized carbons (Fsp3) is 0.529. The third-order valence-corrected chi connectivity index (χ3v) is 7.20. The molecule has 2 heterocycles. The van der Waals surface area contributed by atoms with Crippen molar-refractivity contribution in [3.8, 4) is 5.69 Å². The van der Waals surface area contributed by atoms with Crippen LogP contribution in [0.1, 0.15) is 25.3 Å². The predicted molar refractivity (Wildman–Crippen MR) is 104 cm³/mol. The Morgan fingerprint density at radius 1 is 1.37 bits per heavy atom. The van der Waals surface area contributed by atoms with Crippen molar-refractivity contribution in [3.63, 3.8) is 0 Å².